The Labute approximate surface area is 125 Å². The summed E-state index contributed by atoms with van der Waals surface area (Å²) < 4.78 is 0. The molecule has 0 fully saturated rings. The third kappa shape index (κ3) is 2.95. The van der Waals surface area contributed by atoms with E-state index in [9.17, 15) is 9.59 Å². The number of nitrogens with zero attached hydrogens (tertiary/aromatic N) is 3. The Bertz CT molecular complexity index is 835. The molecule has 3 aromatic rings. The second kappa shape index (κ2) is 5.68. The van der Waals surface area contributed by atoms with Crippen molar-refractivity contribution < 1.29 is 9.59 Å². The minimum atomic E-state index is -0.251. The lowest BCUT2D eigenvalue weighted by Gasteiger charge is -2.06. The number of H-pyrrole nitrogens is 1. The lowest BCUT2D eigenvalue weighted by Crippen LogP contribution is -2.20. The van der Waals surface area contributed by atoms with Crippen molar-refractivity contribution in [1.82, 2.24) is 20.0 Å². The van der Waals surface area contributed by atoms with E-state index in [4.69, 9.17) is 0 Å². The monoisotopic (exact) mass is 298 g/mol. The van der Waals surface area contributed by atoms with Crippen LogP contribution >= 0.6 is 0 Å². The Morgan fingerprint density at radius 2 is 2.14 bits per heavy atom. The van der Waals surface area contributed by atoms with Crippen molar-refractivity contribution in [3.05, 3.63) is 36.7 Å². The third-order valence-electron chi connectivity index (χ3n) is 2.99. The van der Waals surface area contributed by atoms with Crippen LogP contribution in [0.25, 0.3) is 10.9 Å². The number of hydrogen-bond donors (Lipinski definition) is 3. The number of benzene rings is 1. The first-order valence-corrected chi connectivity index (χ1v) is 6.65. The number of hydrogen-bond acceptors (Lipinski definition) is 4. The first kappa shape index (κ1) is 13.8. The zero-order chi connectivity index (χ0) is 15.5. The first-order valence-electron chi connectivity index (χ1n) is 6.65. The van der Waals surface area contributed by atoms with Gasteiger partial charge in [-0.05, 0) is 18.2 Å². The molecule has 0 aliphatic carbocycles. The van der Waals surface area contributed by atoms with Gasteiger partial charge in [0.1, 0.15) is 6.54 Å². The van der Waals surface area contributed by atoms with Crippen LogP contribution in [0.5, 0.6) is 0 Å². The Kier molecular flexibility index (Phi) is 3.57. The summed E-state index contributed by atoms with van der Waals surface area (Å²) in [6.45, 7) is 1.34. The molecule has 112 valence electrons. The van der Waals surface area contributed by atoms with Gasteiger partial charge in [0.15, 0.2) is 5.82 Å². The van der Waals surface area contributed by atoms with E-state index in [1.165, 1.54) is 17.9 Å². The molecule has 0 saturated heterocycles. The minimum absolute atomic E-state index is 0.0413. The maximum atomic E-state index is 12.1. The van der Waals surface area contributed by atoms with Gasteiger partial charge in [-0.2, -0.15) is 9.90 Å². The van der Waals surface area contributed by atoms with E-state index < -0.39 is 0 Å². The molecule has 22 heavy (non-hydrogen) atoms. The third-order valence-corrected chi connectivity index (χ3v) is 2.99. The fraction of sp³-hybridized carbons (Fsp3) is 0.143. The molecule has 2 amide bonds. The van der Waals surface area contributed by atoms with Crippen molar-refractivity contribution in [3.8, 4) is 0 Å². The molecule has 2 aromatic heterocycles. The lowest BCUT2D eigenvalue weighted by molar-refractivity contribution is -0.117. The molecule has 3 rings (SSSR count). The Balaban J connectivity index is 1.68. The Morgan fingerprint density at radius 1 is 1.27 bits per heavy atom. The molecule has 1 aromatic carbocycles. The van der Waals surface area contributed by atoms with Crippen molar-refractivity contribution in [1.29, 1.82) is 0 Å². The van der Waals surface area contributed by atoms with E-state index in [1.807, 2.05) is 30.5 Å². The predicted molar refractivity (Wildman–Crippen MR) is 81.3 cm³/mol. The topological polar surface area (TPSA) is 105 Å². The normalized spacial score (nSPS) is 10.6. The van der Waals surface area contributed by atoms with Gasteiger partial charge < -0.3 is 15.6 Å². The van der Waals surface area contributed by atoms with Crippen molar-refractivity contribution in [2.45, 2.75) is 13.5 Å². The molecule has 0 bridgehead atoms. The number of aromatic amines is 1. The molecule has 8 nitrogen and oxygen atoms in total. The van der Waals surface area contributed by atoms with Crippen molar-refractivity contribution in [3.63, 3.8) is 0 Å². The summed E-state index contributed by atoms with van der Waals surface area (Å²) >= 11 is 0. The maximum Gasteiger partial charge on any atom is 0.247 e. The van der Waals surface area contributed by atoms with Gasteiger partial charge in [0.05, 0.1) is 11.9 Å². The molecule has 0 radical (unpaired) electrons. The second-order valence-electron chi connectivity index (χ2n) is 4.73. The van der Waals surface area contributed by atoms with E-state index in [1.54, 1.807) is 0 Å². The number of aromatic nitrogens is 4. The van der Waals surface area contributed by atoms with Gasteiger partial charge in [0.25, 0.3) is 0 Å². The fourth-order valence-corrected chi connectivity index (χ4v) is 2.12. The molecular formula is C14H14N6O2. The van der Waals surface area contributed by atoms with Crippen LogP contribution < -0.4 is 10.6 Å². The van der Waals surface area contributed by atoms with Gasteiger partial charge in [0.2, 0.25) is 11.8 Å². The van der Waals surface area contributed by atoms with Gasteiger partial charge in [-0.3, -0.25) is 9.59 Å². The molecule has 2 heterocycles. The summed E-state index contributed by atoms with van der Waals surface area (Å²) in [6.07, 6.45) is 3.21. The number of anilines is 2. The van der Waals surface area contributed by atoms with Crippen LogP contribution in [0.15, 0.2) is 36.7 Å². The van der Waals surface area contributed by atoms with Crippen LogP contribution in [0, 0.1) is 0 Å². The number of fused-ring (bicyclic) bond motifs is 1. The number of carbonyl (C=O) groups is 2. The average molecular weight is 298 g/mol. The Hall–Kier alpha value is -3.16. The molecule has 0 aliphatic rings. The SMILES string of the molecule is CC(=O)Nc1cnn(CC(=O)Nc2cccc3[nH]ccc23)n1. The number of amides is 2. The molecule has 0 saturated carbocycles. The zero-order valence-corrected chi connectivity index (χ0v) is 11.8. The van der Waals surface area contributed by atoms with Gasteiger partial charge in [-0.1, -0.05) is 6.07 Å². The van der Waals surface area contributed by atoms with E-state index in [2.05, 4.69) is 25.8 Å². The van der Waals surface area contributed by atoms with E-state index in [0.29, 0.717) is 5.82 Å². The van der Waals surface area contributed by atoms with Crippen LogP contribution in [0.1, 0.15) is 6.92 Å². The zero-order valence-electron chi connectivity index (χ0n) is 11.8. The minimum Gasteiger partial charge on any atom is -0.361 e. The summed E-state index contributed by atoms with van der Waals surface area (Å²) in [6, 6.07) is 7.51. The number of carbonyl (C=O) groups excluding carboxylic acids is 2. The van der Waals surface area contributed by atoms with Crippen molar-refractivity contribution >= 4 is 34.2 Å². The van der Waals surface area contributed by atoms with Gasteiger partial charge in [-0.25, -0.2) is 0 Å². The molecule has 0 spiro atoms. The highest BCUT2D eigenvalue weighted by Gasteiger charge is 2.09. The van der Waals surface area contributed by atoms with Gasteiger partial charge in [0, 0.05) is 24.0 Å². The highest BCUT2D eigenvalue weighted by Crippen LogP contribution is 2.21. The molecule has 8 heteroatoms. The lowest BCUT2D eigenvalue weighted by atomic mass is 10.2. The summed E-state index contributed by atoms with van der Waals surface area (Å²) in [5.74, 6) is -0.178. The summed E-state index contributed by atoms with van der Waals surface area (Å²) in [5, 5.41) is 14.2. The quantitative estimate of drug-likeness (QED) is 0.676. The van der Waals surface area contributed by atoms with Crippen LogP contribution in [-0.2, 0) is 16.1 Å². The van der Waals surface area contributed by atoms with Crippen LogP contribution in [0.4, 0.5) is 11.5 Å². The predicted octanol–water partition coefficient (Wildman–Crippen LogP) is 1.36. The van der Waals surface area contributed by atoms with Crippen molar-refractivity contribution in [2.75, 3.05) is 10.6 Å². The van der Waals surface area contributed by atoms with Crippen LogP contribution in [-0.4, -0.2) is 31.8 Å². The number of rotatable bonds is 4. The standard InChI is InChI=1S/C14H14N6O2/c1-9(21)17-13-7-16-20(19-13)8-14(22)18-12-4-2-3-11-10(12)5-6-15-11/h2-7,15H,8H2,1H3,(H,18,22)(H,17,19,21). The van der Waals surface area contributed by atoms with Crippen LogP contribution in [0.3, 0.4) is 0 Å². The molecular weight excluding hydrogens is 284 g/mol. The highest BCUT2D eigenvalue weighted by molar-refractivity contribution is 6.01. The largest absolute Gasteiger partial charge is 0.361 e. The summed E-state index contributed by atoms with van der Waals surface area (Å²) in [4.78, 5) is 27.3. The van der Waals surface area contributed by atoms with E-state index in [-0.39, 0.29) is 18.4 Å². The molecule has 0 atom stereocenters. The van der Waals surface area contributed by atoms with E-state index in [0.717, 1.165) is 16.6 Å². The fourth-order valence-electron chi connectivity index (χ4n) is 2.12. The molecule has 3 N–H and O–H groups in total. The van der Waals surface area contributed by atoms with Crippen LogP contribution in [0.2, 0.25) is 0 Å². The van der Waals surface area contributed by atoms with Crippen molar-refractivity contribution in [2.24, 2.45) is 0 Å². The van der Waals surface area contributed by atoms with Gasteiger partial charge in [-0.15, -0.1) is 5.10 Å². The summed E-state index contributed by atoms with van der Waals surface area (Å²) in [7, 11) is 0. The average Bonchev–Trinajstić information content (AvgIpc) is 3.07. The second-order valence-corrected chi connectivity index (χ2v) is 4.73. The maximum absolute atomic E-state index is 12.1. The smallest absolute Gasteiger partial charge is 0.247 e. The van der Waals surface area contributed by atoms with E-state index >= 15 is 0 Å². The molecule has 0 unspecified atom stereocenters. The summed E-state index contributed by atoms with van der Waals surface area (Å²) in [5.41, 5.74) is 1.67. The Morgan fingerprint density at radius 3 is 2.95 bits per heavy atom. The highest BCUT2D eigenvalue weighted by atomic mass is 16.2. The van der Waals surface area contributed by atoms with Gasteiger partial charge >= 0.3 is 0 Å². The number of nitrogens with one attached hydrogen (secondary N) is 3. The first-order chi connectivity index (χ1) is 10.6. The molecule has 0 aliphatic heterocycles.